The maximum Gasteiger partial charge on any atom is 0.255 e. The number of hydrogen-bond acceptors (Lipinski definition) is 6. The molecule has 0 amide bonds. The zero-order chi connectivity index (χ0) is 18.2. The van der Waals surface area contributed by atoms with Crippen molar-refractivity contribution in [3.63, 3.8) is 0 Å². The minimum Gasteiger partial charge on any atom is -0.494 e. The average Bonchev–Trinajstić information content (AvgIpc) is 2.55. The second kappa shape index (κ2) is 6.57. The molecule has 3 rings (SSSR count). The standard InChI is InChI=1S/C16H18FN3O4S/c1-24-13-5-3-4-10(14(13)17)8-20-7-6-11-12(9-20)18-16(19-15(11)21)25(2,22)23/h3-5H,6-9H2,1-2H3,(H,18,19,21). The van der Waals surface area contributed by atoms with Crippen LogP contribution in [0.4, 0.5) is 4.39 Å². The average molecular weight is 367 g/mol. The normalized spacial score (nSPS) is 15.0. The number of benzene rings is 1. The first-order chi connectivity index (χ1) is 11.8. The van der Waals surface area contributed by atoms with E-state index in [4.69, 9.17) is 4.74 Å². The van der Waals surface area contributed by atoms with E-state index in [1.807, 2.05) is 4.90 Å². The second-order valence-electron chi connectivity index (χ2n) is 5.96. The van der Waals surface area contributed by atoms with Crippen LogP contribution in [0.5, 0.6) is 5.75 Å². The zero-order valence-electron chi connectivity index (χ0n) is 13.9. The molecule has 1 N–H and O–H groups in total. The van der Waals surface area contributed by atoms with Gasteiger partial charge in [0.2, 0.25) is 15.0 Å². The van der Waals surface area contributed by atoms with E-state index in [9.17, 15) is 17.6 Å². The van der Waals surface area contributed by atoms with Gasteiger partial charge < -0.3 is 4.74 Å². The lowest BCUT2D eigenvalue weighted by atomic mass is 10.1. The number of fused-ring (bicyclic) bond motifs is 1. The van der Waals surface area contributed by atoms with Gasteiger partial charge in [-0.25, -0.2) is 17.8 Å². The molecular weight excluding hydrogens is 349 g/mol. The summed E-state index contributed by atoms with van der Waals surface area (Å²) >= 11 is 0. The van der Waals surface area contributed by atoms with Gasteiger partial charge in [0.15, 0.2) is 11.6 Å². The topological polar surface area (TPSA) is 92.4 Å². The molecule has 2 heterocycles. The Hall–Kier alpha value is -2.26. The van der Waals surface area contributed by atoms with Gasteiger partial charge in [-0.3, -0.25) is 14.7 Å². The molecule has 9 heteroatoms. The molecule has 0 aliphatic carbocycles. The number of sulfone groups is 1. The minimum absolute atomic E-state index is 0.170. The first-order valence-corrected chi connectivity index (χ1v) is 9.54. The molecule has 1 aliphatic rings. The predicted molar refractivity (Wildman–Crippen MR) is 88.7 cm³/mol. The van der Waals surface area contributed by atoms with Crippen molar-refractivity contribution in [2.24, 2.45) is 0 Å². The van der Waals surface area contributed by atoms with Gasteiger partial charge in [0.1, 0.15) is 0 Å². The number of aromatic nitrogens is 2. The van der Waals surface area contributed by atoms with Crippen molar-refractivity contribution >= 4 is 9.84 Å². The van der Waals surface area contributed by atoms with Crippen LogP contribution in [0.3, 0.4) is 0 Å². The van der Waals surface area contributed by atoms with Crippen molar-refractivity contribution in [2.45, 2.75) is 24.7 Å². The van der Waals surface area contributed by atoms with Crippen molar-refractivity contribution in [2.75, 3.05) is 19.9 Å². The van der Waals surface area contributed by atoms with E-state index in [1.54, 1.807) is 18.2 Å². The Kier molecular flexibility index (Phi) is 4.61. The molecule has 0 atom stereocenters. The summed E-state index contributed by atoms with van der Waals surface area (Å²) in [5.74, 6) is -0.254. The van der Waals surface area contributed by atoms with Crippen LogP contribution in [0.15, 0.2) is 28.2 Å². The highest BCUT2D eigenvalue weighted by Gasteiger charge is 2.24. The Labute approximate surface area is 144 Å². The van der Waals surface area contributed by atoms with Gasteiger partial charge in [0, 0.05) is 37.0 Å². The van der Waals surface area contributed by atoms with Gasteiger partial charge in [-0.05, 0) is 12.5 Å². The summed E-state index contributed by atoms with van der Waals surface area (Å²) < 4.78 is 42.6. The van der Waals surface area contributed by atoms with Gasteiger partial charge in [-0.1, -0.05) is 12.1 Å². The number of H-pyrrole nitrogens is 1. The third-order valence-corrected chi connectivity index (χ3v) is 5.03. The predicted octanol–water partition coefficient (Wildman–Crippen LogP) is 0.879. The van der Waals surface area contributed by atoms with Crippen LogP contribution in [0, 0.1) is 5.82 Å². The zero-order valence-corrected chi connectivity index (χ0v) is 14.7. The molecule has 0 saturated heterocycles. The summed E-state index contributed by atoms with van der Waals surface area (Å²) in [6.07, 6.45) is 1.41. The van der Waals surface area contributed by atoms with E-state index < -0.39 is 21.2 Å². The molecule has 0 bridgehead atoms. The fourth-order valence-corrected chi connectivity index (χ4v) is 3.41. The highest BCUT2D eigenvalue weighted by molar-refractivity contribution is 7.90. The van der Waals surface area contributed by atoms with Gasteiger partial charge in [-0.2, -0.15) is 0 Å². The molecule has 134 valence electrons. The van der Waals surface area contributed by atoms with Crippen LogP contribution in [-0.2, 0) is 29.3 Å². The van der Waals surface area contributed by atoms with Crippen LogP contribution < -0.4 is 10.3 Å². The Morgan fingerprint density at radius 1 is 1.40 bits per heavy atom. The van der Waals surface area contributed by atoms with Crippen molar-refractivity contribution < 1.29 is 17.5 Å². The molecule has 0 saturated carbocycles. The first-order valence-electron chi connectivity index (χ1n) is 7.65. The molecule has 1 aliphatic heterocycles. The Morgan fingerprint density at radius 3 is 2.84 bits per heavy atom. The fraction of sp³-hybridized carbons (Fsp3) is 0.375. The highest BCUT2D eigenvalue weighted by Crippen LogP contribution is 2.23. The molecule has 0 radical (unpaired) electrons. The number of rotatable bonds is 4. The first kappa shape index (κ1) is 17.6. The number of halogens is 1. The maximum absolute atomic E-state index is 14.3. The van der Waals surface area contributed by atoms with Gasteiger partial charge >= 0.3 is 0 Å². The smallest absolute Gasteiger partial charge is 0.255 e. The van der Waals surface area contributed by atoms with E-state index in [0.29, 0.717) is 36.3 Å². The van der Waals surface area contributed by atoms with E-state index in [-0.39, 0.29) is 17.5 Å². The Morgan fingerprint density at radius 2 is 2.16 bits per heavy atom. The quantitative estimate of drug-likeness (QED) is 0.807. The molecule has 1 aromatic heterocycles. The second-order valence-corrected chi connectivity index (χ2v) is 7.89. The SMILES string of the molecule is COc1cccc(CN2CCc3c(nc(S(C)(=O)=O)[nH]c3=O)C2)c1F. The van der Waals surface area contributed by atoms with E-state index in [2.05, 4.69) is 9.97 Å². The summed E-state index contributed by atoms with van der Waals surface area (Å²) in [6.45, 7) is 1.14. The largest absolute Gasteiger partial charge is 0.494 e. The third kappa shape index (κ3) is 3.57. The van der Waals surface area contributed by atoms with Gasteiger partial charge in [0.25, 0.3) is 5.56 Å². The lowest BCUT2D eigenvalue weighted by Crippen LogP contribution is -2.35. The molecular formula is C16H18FN3O4S. The lowest BCUT2D eigenvalue weighted by Gasteiger charge is -2.27. The summed E-state index contributed by atoms with van der Waals surface area (Å²) in [6, 6.07) is 4.92. The van der Waals surface area contributed by atoms with Crippen LogP contribution >= 0.6 is 0 Å². The lowest BCUT2D eigenvalue weighted by molar-refractivity contribution is 0.235. The highest BCUT2D eigenvalue weighted by atomic mass is 32.2. The number of methoxy groups -OCH3 is 1. The van der Waals surface area contributed by atoms with Crippen molar-refractivity contribution in [3.8, 4) is 5.75 Å². The summed E-state index contributed by atoms with van der Waals surface area (Å²) in [4.78, 5) is 20.4. The molecule has 0 fully saturated rings. The minimum atomic E-state index is -3.61. The monoisotopic (exact) mass is 367 g/mol. The van der Waals surface area contributed by atoms with Gasteiger partial charge in [-0.15, -0.1) is 0 Å². The third-order valence-electron chi connectivity index (χ3n) is 4.14. The number of nitrogens with one attached hydrogen (secondary N) is 1. The number of ether oxygens (including phenoxy) is 1. The molecule has 1 aromatic carbocycles. The van der Waals surface area contributed by atoms with Crippen LogP contribution in [-0.4, -0.2) is 43.2 Å². The van der Waals surface area contributed by atoms with E-state index >= 15 is 0 Å². The Bertz CT molecular complexity index is 972. The van der Waals surface area contributed by atoms with Crippen LogP contribution in [0.2, 0.25) is 0 Å². The summed E-state index contributed by atoms with van der Waals surface area (Å²) in [5.41, 5.74) is 0.933. The summed E-state index contributed by atoms with van der Waals surface area (Å²) in [7, 11) is -2.21. The molecule has 0 unspecified atom stereocenters. The number of hydrogen-bond donors (Lipinski definition) is 1. The van der Waals surface area contributed by atoms with Gasteiger partial charge in [0.05, 0.1) is 12.8 Å². The maximum atomic E-state index is 14.3. The molecule has 0 spiro atoms. The Balaban J connectivity index is 1.89. The van der Waals surface area contributed by atoms with Crippen LogP contribution in [0.25, 0.3) is 0 Å². The number of aromatic amines is 1. The fourth-order valence-electron chi connectivity index (χ4n) is 2.86. The van der Waals surface area contributed by atoms with Crippen molar-refractivity contribution in [1.82, 2.24) is 14.9 Å². The number of nitrogens with zero attached hydrogens (tertiary/aromatic N) is 2. The van der Waals surface area contributed by atoms with E-state index in [0.717, 1.165) is 6.26 Å². The molecule has 25 heavy (non-hydrogen) atoms. The van der Waals surface area contributed by atoms with Crippen molar-refractivity contribution in [3.05, 3.63) is 51.2 Å². The summed E-state index contributed by atoms with van der Waals surface area (Å²) in [5, 5.41) is -0.342. The van der Waals surface area contributed by atoms with Crippen molar-refractivity contribution in [1.29, 1.82) is 0 Å². The van der Waals surface area contributed by atoms with Crippen LogP contribution in [0.1, 0.15) is 16.8 Å². The molecule has 2 aromatic rings. The molecule has 7 nitrogen and oxygen atoms in total. The van der Waals surface area contributed by atoms with E-state index in [1.165, 1.54) is 7.11 Å².